The van der Waals surface area contributed by atoms with Crippen molar-refractivity contribution in [3.05, 3.63) is 52.1 Å². The third-order valence-electron chi connectivity index (χ3n) is 5.10. The molecule has 0 N–H and O–H groups in total. The normalized spacial score (nSPS) is 14.0. The van der Waals surface area contributed by atoms with E-state index in [0.717, 1.165) is 34.6 Å². The molecule has 4 heterocycles. The van der Waals surface area contributed by atoms with Crippen LogP contribution < -0.4 is 0 Å². The Labute approximate surface area is 166 Å². The van der Waals surface area contributed by atoms with Crippen molar-refractivity contribution in [3.8, 4) is 11.4 Å². The maximum Gasteiger partial charge on any atom is 0.191 e. The highest BCUT2D eigenvalue weighted by atomic mass is 32.2. The number of thiophene rings is 1. The zero-order valence-electron chi connectivity index (χ0n) is 15.3. The minimum absolute atomic E-state index is 0.793. The van der Waals surface area contributed by atoms with E-state index >= 15 is 0 Å². The number of aromatic nitrogens is 5. The largest absolute Gasteiger partial charge is 0.307 e. The minimum Gasteiger partial charge on any atom is -0.307 e. The van der Waals surface area contributed by atoms with Gasteiger partial charge in [-0.05, 0) is 50.3 Å². The molecule has 138 valence electrons. The van der Waals surface area contributed by atoms with E-state index < -0.39 is 0 Å². The number of fused-ring (bicyclic) bond motifs is 2. The van der Waals surface area contributed by atoms with Gasteiger partial charge in [-0.25, -0.2) is 4.98 Å². The molecule has 0 radical (unpaired) electrons. The molecule has 27 heavy (non-hydrogen) atoms. The second-order valence-corrected chi connectivity index (χ2v) is 8.70. The van der Waals surface area contributed by atoms with Crippen LogP contribution in [0.25, 0.3) is 17.0 Å². The number of pyridine rings is 1. The van der Waals surface area contributed by atoms with E-state index in [1.165, 1.54) is 36.8 Å². The van der Waals surface area contributed by atoms with Gasteiger partial charge in [-0.2, -0.15) is 0 Å². The van der Waals surface area contributed by atoms with E-state index in [0.29, 0.717) is 0 Å². The highest BCUT2D eigenvalue weighted by molar-refractivity contribution is 7.98. The van der Waals surface area contributed by atoms with Crippen LogP contribution in [0.15, 0.2) is 41.1 Å². The van der Waals surface area contributed by atoms with Gasteiger partial charge in [0.25, 0.3) is 0 Å². The fourth-order valence-corrected chi connectivity index (χ4v) is 5.77. The number of nitrogens with zero attached hydrogens (tertiary/aromatic N) is 5. The average Bonchev–Trinajstić information content (AvgIpc) is 3.41. The van der Waals surface area contributed by atoms with Gasteiger partial charge in [0, 0.05) is 40.5 Å². The molecule has 0 saturated carbocycles. The summed E-state index contributed by atoms with van der Waals surface area (Å²) in [7, 11) is 0. The third kappa shape index (κ3) is 3.08. The van der Waals surface area contributed by atoms with Crippen LogP contribution in [0.5, 0.6) is 0 Å². The summed E-state index contributed by atoms with van der Waals surface area (Å²) in [4.78, 5) is 6.23. The number of rotatable bonds is 5. The first-order chi connectivity index (χ1) is 13.3. The Morgan fingerprint density at radius 1 is 1.19 bits per heavy atom. The van der Waals surface area contributed by atoms with Crippen LogP contribution in [0.4, 0.5) is 0 Å². The Balaban J connectivity index is 1.41. The van der Waals surface area contributed by atoms with Crippen LogP contribution in [0.2, 0.25) is 0 Å². The first-order valence-corrected chi connectivity index (χ1v) is 11.3. The number of imidazole rings is 1. The molecule has 7 heteroatoms. The third-order valence-corrected chi connectivity index (χ3v) is 7.19. The van der Waals surface area contributed by atoms with Crippen molar-refractivity contribution in [3.63, 3.8) is 0 Å². The van der Waals surface area contributed by atoms with E-state index in [1.54, 1.807) is 16.6 Å². The smallest absolute Gasteiger partial charge is 0.191 e. The van der Waals surface area contributed by atoms with Crippen molar-refractivity contribution < 1.29 is 0 Å². The second kappa shape index (κ2) is 7.13. The molecule has 5 nitrogen and oxygen atoms in total. The molecule has 0 saturated heterocycles. The van der Waals surface area contributed by atoms with E-state index in [1.807, 2.05) is 35.7 Å². The van der Waals surface area contributed by atoms with Gasteiger partial charge in [0.15, 0.2) is 11.0 Å². The molecule has 0 unspecified atom stereocenters. The van der Waals surface area contributed by atoms with Gasteiger partial charge in [0.05, 0.1) is 5.69 Å². The Morgan fingerprint density at radius 2 is 2.11 bits per heavy atom. The lowest BCUT2D eigenvalue weighted by Crippen LogP contribution is -2.03. The van der Waals surface area contributed by atoms with Crippen LogP contribution in [0.3, 0.4) is 0 Å². The fraction of sp³-hybridized carbons (Fsp3) is 0.350. The highest BCUT2D eigenvalue weighted by Crippen LogP contribution is 2.37. The van der Waals surface area contributed by atoms with Crippen molar-refractivity contribution in [1.82, 2.24) is 24.1 Å². The highest BCUT2D eigenvalue weighted by Gasteiger charge is 2.21. The number of aryl methyl sites for hydroxylation is 1. The van der Waals surface area contributed by atoms with Crippen LogP contribution in [0, 0.1) is 0 Å². The molecule has 1 aliphatic carbocycles. The predicted molar refractivity (Wildman–Crippen MR) is 110 cm³/mol. The van der Waals surface area contributed by atoms with Crippen LogP contribution in [-0.2, 0) is 25.1 Å². The Bertz CT molecular complexity index is 1060. The maximum atomic E-state index is 4.68. The lowest BCUT2D eigenvalue weighted by Gasteiger charge is -2.13. The summed E-state index contributed by atoms with van der Waals surface area (Å²) in [5.74, 6) is 1.82. The van der Waals surface area contributed by atoms with Crippen molar-refractivity contribution in [1.29, 1.82) is 0 Å². The fourth-order valence-electron chi connectivity index (χ4n) is 3.76. The van der Waals surface area contributed by atoms with E-state index in [-0.39, 0.29) is 0 Å². The summed E-state index contributed by atoms with van der Waals surface area (Å²) in [6.07, 6.45) is 9.11. The van der Waals surface area contributed by atoms with Gasteiger partial charge < -0.3 is 8.97 Å². The average molecular weight is 396 g/mol. The van der Waals surface area contributed by atoms with Crippen molar-refractivity contribution in [2.75, 3.05) is 0 Å². The molecule has 0 bridgehead atoms. The molecule has 0 spiro atoms. The molecule has 0 atom stereocenters. The minimum atomic E-state index is 0.793. The summed E-state index contributed by atoms with van der Waals surface area (Å²) in [6.45, 7) is 3.04. The van der Waals surface area contributed by atoms with Crippen molar-refractivity contribution in [2.45, 2.75) is 50.1 Å². The zero-order valence-corrected chi connectivity index (χ0v) is 16.9. The molecular formula is C20H21N5S2. The van der Waals surface area contributed by atoms with Gasteiger partial charge in [-0.3, -0.25) is 0 Å². The topological polar surface area (TPSA) is 48.0 Å². The molecule has 0 fully saturated rings. The summed E-state index contributed by atoms with van der Waals surface area (Å²) < 4.78 is 4.31. The molecule has 0 aromatic carbocycles. The molecule has 4 aromatic rings. The molecule has 5 rings (SSSR count). The van der Waals surface area contributed by atoms with Crippen LogP contribution >= 0.6 is 23.1 Å². The summed E-state index contributed by atoms with van der Waals surface area (Å²) in [6, 6.07) is 6.06. The van der Waals surface area contributed by atoms with Gasteiger partial charge >= 0.3 is 0 Å². The number of thioether (sulfide) groups is 1. The van der Waals surface area contributed by atoms with E-state index in [9.17, 15) is 0 Å². The van der Waals surface area contributed by atoms with Gasteiger partial charge in [0.1, 0.15) is 5.65 Å². The van der Waals surface area contributed by atoms with E-state index in [2.05, 4.69) is 42.6 Å². The summed E-state index contributed by atoms with van der Waals surface area (Å²) in [5, 5.41) is 12.3. The van der Waals surface area contributed by atoms with Gasteiger partial charge in [-0.15, -0.1) is 21.5 Å². The second-order valence-electron chi connectivity index (χ2n) is 6.80. The maximum absolute atomic E-state index is 4.68. The Hall–Kier alpha value is -2.12. The van der Waals surface area contributed by atoms with Crippen molar-refractivity contribution in [2.24, 2.45) is 0 Å². The van der Waals surface area contributed by atoms with E-state index in [4.69, 9.17) is 0 Å². The first-order valence-electron chi connectivity index (χ1n) is 9.41. The summed E-state index contributed by atoms with van der Waals surface area (Å²) >= 11 is 3.60. The molecular weight excluding hydrogens is 374 g/mol. The number of hydrogen-bond acceptors (Lipinski definition) is 5. The van der Waals surface area contributed by atoms with Gasteiger partial charge in [-0.1, -0.05) is 17.8 Å². The SMILES string of the molecule is CCn1c(SCc2cn3ccccc3n2)nnc1-c1csc2c1CCCC2. The molecule has 0 amide bonds. The standard InChI is InChI=1S/C20H21N5S2/c1-2-25-19(16-13-26-17-8-4-3-7-15(16)17)22-23-20(25)27-12-14-11-24-10-6-5-9-18(24)21-14/h5-6,9-11,13H,2-4,7-8,12H2,1H3. The lowest BCUT2D eigenvalue weighted by molar-refractivity contribution is 0.680. The van der Waals surface area contributed by atoms with Crippen molar-refractivity contribution >= 4 is 28.7 Å². The monoisotopic (exact) mass is 395 g/mol. The van der Waals surface area contributed by atoms with Gasteiger partial charge in [0.2, 0.25) is 0 Å². The molecule has 0 aliphatic heterocycles. The predicted octanol–water partition coefficient (Wildman–Crippen LogP) is 4.85. The quantitative estimate of drug-likeness (QED) is 0.454. The summed E-state index contributed by atoms with van der Waals surface area (Å²) in [5.41, 5.74) is 4.84. The van der Waals surface area contributed by atoms with Crippen LogP contribution in [-0.4, -0.2) is 24.1 Å². The Morgan fingerprint density at radius 3 is 3.00 bits per heavy atom. The lowest BCUT2D eigenvalue weighted by atomic mass is 9.96. The Kier molecular flexibility index (Phi) is 4.49. The van der Waals surface area contributed by atoms with Crippen LogP contribution in [0.1, 0.15) is 35.9 Å². The number of hydrogen-bond donors (Lipinski definition) is 0. The molecule has 1 aliphatic rings. The first kappa shape index (κ1) is 17.0. The zero-order chi connectivity index (χ0) is 18.2. The molecule has 4 aromatic heterocycles.